The van der Waals surface area contributed by atoms with E-state index >= 15 is 0 Å². The molecule has 132 valence electrons. The van der Waals surface area contributed by atoms with Crippen molar-refractivity contribution in [1.82, 2.24) is 10.5 Å². The molecule has 3 N–H and O–H groups in total. The zero-order valence-electron chi connectivity index (χ0n) is 14.2. The third-order valence-electron chi connectivity index (χ3n) is 4.95. The standard InChI is InChI=1S/C17H29N3O2.ClH/c1-3-12(4-2)14-10-16(22-20-14)17(21)19-15(11-18)13-8-6-5-7-9-13;/h10,12-13,15H,3-9,11,18H2,1-2H3,(H,19,21);1H. The second kappa shape index (κ2) is 9.93. The van der Waals surface area contributed by atoms with Crippen LogP contribution in [0.15, 0.2) is 10.6 Å². The summed E-state index contributed by atoms with van der Waals surface area (Å²) < 4.78 is 5.24. The number of hydrogen-bond acceptors (Lipinski definition) is 4. The van der Waals surface area contributed by atoms with Crippen molar-refractivity contribution in [3.8, 4) is 0 Å². The van der Waals surface area contributed by atoms with Crippen molar-refractivity contribution < 1.29 is 9.32 Å². The van der Waals surface area contributed by atoms with Crippen molar-refractivity contribution in [2.45, 2.75) is 70.8 Å². The van der Waals surface area contributed by atoms with Gasteiger partial charge in [-0.1, -0.05) is 38.3 Å². The Morgan fingerprint density at radius 2 is 2.00 bits per heavy atom. The molecule has 6 heteroatoms. The predicted molar refractivity (Wildman–Crippen MR) is 94.0 cm³/mol. The number of halogens is 1. The van der Waals surface area contributed by atoms with Gasteiger partial charge in [0.25, 0.3) is 5.91 Å². The summed E-state index contributed by atoms with van der Waals surface area (Å²) in [6.45, 7) is 4.72. The molecule has 1 atom stereocenters. The van der Waals surface area contributed by atoms with Crippen LogP contribution in [0.5, 0.6) is 0 Å². The number of rotatable bonds is 7. The lowest BCUT2D eigenvalue weighted by atomic mass is 9.84. The summed E-state index contributed by atoms with van der Waals surface area (Å²) in [6, 6.07) is 1.82. The summed E-state index contributed by atoms with van der Waals surface area (Å²) in [5, 5.41) is 7.10. The average Bonchev–Trinajstić information content (AvgIpc) is 3.04. The van der Waals surface area contributed by atoms with Gasteiger partial charge in [0.2, 0.25) is 5.76 Å². The molecule has 0 saturated heterocycles. The SMILES string of the molecule is CCC(CC)c1cc(C(=O)NC(CN)C2CCCCC2)on1.Cl. The molecule has 5 nitrogen and oxygen atoms in total. The van der Waals surface area contributed by atoms with E-state index in [9.17, 15) is 4.79 Å². The van der Waals surface area contributed by atoms with E-state index < -0.39 is 0 Å². The average molecular weight is 344 g/mol. The summed E-state index contributed by atoms with van der Waals surface area (Å²) in [5.41, 5.74) is 6.74. The highest BCUT2D eigenvalue weighted by Gasteiger charge is 2.26. The lowest BCUT2D eigenvalue weighted by molar-refractivity contribution is 0.0878. The van der Waals surface area contributed by atoms with Crippen molar-refractivity contribution in [2.75, 3.05) is 6.54 Å². The minimum Gasteiger partial charge on any atom is -0.351 e. The zero-order valence-corrected chi connectivity index (χ0v) is 15.0. The number of aromatic nitrogens is 1. The van der Waals surface area contributed by atoms with E-state index in [4.69, 9.17) is 10.3 Å². The van der Waals surface area contributed by atoms with Crippen LogP contribution in [-0.2, 0) is 0 Å². The van der Waals surface area contributed by atoms with Crippen LogP contribution in [0.4, 0.5) is 0 Å². The Hall–Kier alpha value is -1.07. The topological polar surface area (TPSA) is 81.2 Å². The van der Waals surface area contributed by atoms with E-state index in [0.717, 1.165) is 31.4 Å². The molecule has 0 aliphatic heterocycles. The molecule has 1 unspecified atom stereocenters. The van der Waals surface area contributed by atoms with Crippen LogP contribution < -0.4 is 11.1 Å². The monoisotopic (exact) mass is 343 g/mol. The molecule has 1 fully saturated rings. The summed E-state index contributed by atoms with van der Waals surface area (Å²) in [5.74, 6) is 0.958. The molecule has 0 radical (unpaired) electrons. The van der Waals surface area contributed by atoms with Crippen molar-refractivity contribution in [3.05, 3.63) is 17.5 Å². The molecular formula is C17H30ClN3O2. The van der Waals surface area contributed by atoms with Crippen LogP contribution in [0, 0.1) is 5.92 Å². The second-order valence-corrected chi connectivity index (χ2v) is 6.34. The maximum Gasteiger partial charge on any atom is 0.290 e. The Morgan fingerprint density at radius 3 is 2.57 bits per heavy atom. The zero-order chi connectivity index (χ0) is 15.9. The Balaban J connectivity index is 0.00000264. The maximum absolute atomic E-state index is 12.4. The van der Waals surface area contributed by atoms with Crippen molar-refractivity contribution in [3.63, 3.8) is 0 Å². The first kappa shape index (κ1) is 20.0. The molecule has 0 spiro atoms. The van der Waals surface area contributed by atoms with E-state index in [0.29, 0.717) is 24.1 Å². The van der Waals surface area contributed by atoms with Crippen LogP contribution in [0.2, 0.25) is 0 Å². The minimum absolute atomic E-state index is 0. The van der Waals surface area contributed by atoms with Gasteiger partial charge in [-0.15, -0.1) is 12.4 Å². The first-order valence-electron chi connectivity index (χ1n) is 8.67. The number of carbonyl (C=O) groups is 1. The number of hydrogen-bond donors (Lipinski definition) is 2. The Bertz CT molecular complexity index is 468. The van der Waals surface area contributed by atoms with E-state index in [1.54, 1.807) is 6.07 Å². The molecule has 23 heavy (non-hydrogen) atoms. The van der Waals surface area contributed by atoms with E-state index in [1.807, 2.05) is 0 Å². The van der Waals surface area contributed by atoms with E-state index in [1.165, 1.54) is 19.3 Å². The number of carbonyl (C=O) groups excluding carboxylic acids is 1. The predicted octanol–water partition coefficient (Wildman–Crippen LogP) is 3.64. The fraction of sp³-hybridized carbons (Fsp3) is 0.765. The van der Waals surface area contributed by atoms with Crippen LogP contribution in [-0.4, -0.2) is 23.7 Å². The third kappa shape index (κ3) is 5.21. The van der Waals surface area contributed by atoms with E-state index in [-0.39, 0.29) is 24.4 Å². The fourth-order valence-corrected chi connectivity index (χ4v) is 3.44. The number of nitrogens with zero attached hydrogens (tertiary/aromatic N) is 1. The summed E-state index contributed by atoms with van der Waals surface area (Å²) in [7, 11) is 0. The van der Waals surface area contributed by atoms with Crippen molar-refractivity contribution >= 4 is 18.3 Å². The van der Waals surface area contributed by atoms with Gasteiger partial charge in [0, 0.05) is 24.6 Å². The van der Waals surface area contributed by atoms with Crippen molar-refractivity contribution in [2.24, 2.45) is 11.7 Å². The van der Waals surface area contributed by atoms with Gasteiger partial charge in [-0.25, -0.2) is 0 Å². The molecule has 2 rings (SSSR count). The van der Waals surface area contributed by atoms with Crippen LogP contribution in [0.25, 0.3) is 0 Å². The van der Waals surface area contributed by atoms with Gasteiger partial charge in [0.15, 0.2) is 0 Å². The van der Waals surface area contributed by atoms with Gasteiger partial charge >= 0.3 is 0 Å². The quantitative estimate of drug-likeness (QED) is 0.792. The molecule has 0 bridgehead atoms. The van der Waals surface area contributed by atoms with Crippen molar-refractivity contribution in [1.29, 1.82) is 0 Å². The van der Waals surface area contributed by atoms with Crippen LogP contribution >= 0.6 is 12.4 Å². The van der Waals surface area contributed by atoms with Gasteiger partial charge in [0.05, 0.1) is 5.69 Å². The molecule has 1 heterocycles. The number of nitrogens with one attached hydrogen (secondary N) is 1. The number of amides is 1. The highest BCUT2D eigenvalue weighted by Crippen LogP contribution is 2.27. The highest BCUT2D eigenvalue weighted by atomic mass is 35.5. The van der Waals surface area contributed by atoms with Gasteiger partial charge in [-0.3, -0.25) is 4.79 Å². The largest absolute Gasteiger partial charge is 0.351 e. The smallest absolute Gasteiger partial charge is 0.290 e. The molecule has 1 saturated carbocycles. The van der Waals surface area contributed by atoms with Gasteiger partial charge < -0.3 is 15.6 Å². The molecule has 1 aromatic heterocycles. The highest BCUT2D eigenvalue weighted by molar-refractivity contribution is 5.91. The molecule has 1 aliphatic rings. The fourth-order valence-electron chi connectivity index (χ4n) is 3.44. The lowest BCUT2D eigenvalue weighted by Gasteiger charge is -2.29. The molecular weight excluding hydrogens is 314 g/mol. The van der Waals surface area contributed by atoms with Gasteiger partial charge in [-0.05, 0) is 31.6 Å². The molecule has 1 aromatic rings. The number of nitrogens with two attached hydrogens (primary N) is 1. The summed E-state index contributed by atoms with van der Waals surface area (Å²) >= 11 is 0. The first-order chi connectivity index (χ1) is 10.7. The minimum atomic E-state index is -0.189. The summed E-state index contributed by atoms with van der Waals surface area (Å²) in [6.07, 6.45) is 8.06. The molecule has 1 aliphatic carbocycles. The second-order valence-electron chi connectivity index (χ2n) is 6.34. The van der Waals surface area contributed by atoms with Gasteiger partial charge in [-0.2, -0.15) is 0 Å². The van der Waals surface area contributed by atoms with E-state index in [2.05, 4.69) is 24.3 Å². The van der Waals surface area contributed by atoms with Gasteiger partial charge in [0.1, 0.15) is 0 Å². The Labute approximate surface area is 145 Å². The van der Waals surface area contributed by atoms with Crippen LogP contribution in [0.3, 0.4) is 0 Å². The summed E-state index contributed by atoms with van der Waals surface area (Å²) in [4.78, 5) is 12.4. The normalized spacial score (nSPS) is 16.9. The Kier molecular flexibility index (Phi) is 8.63. The van der Waals surface area contributed by atoms with Crippen LogP contribution in [0.1, 0.15) is 81.0 Å². The molecule has 0 aromatic carbocycles. The Morgan fingerprint density at radius 1 is 1.35 bits per heavy atom. The maximum atomic E-state index is 12.4. The lowest BCUT2D eigenvalue weighted by Crippen LogP contribution is -2.45. The third-order valence-corrected chi connectivity index (χ3v) is 4.95. The first-order valence-corrected chi connectivity index (χ1v) is 8.67. The molecule has 1 amide bonds.